The van der Waals surface area contributed by atoms with Crippen molar-refractivity contribution in [2.75, 3.05) is 6.54 Å². The normalized spacial score (nSPS) is 12.6. The van der Waals surface area contributed by atoms with Crippen LogP contribution >= 0.6 is 0 Å². The van der Waals surface area contributed by atoms with Gasteiger partial charge in [-0.25, -0.2) is 4.39 Å². The Labute approximate surface area is 126 Å². The second-order valence-corrected chi connectivity index (χ2v) is 5.44. The van der Waals surface area contributed by atoms with Crippen molar-refractivity contribution in [2.45, 2.75) is 46.2 Å². The second-order valence-electron chi connectivity index (χ2n) is 5.44. The number of benzene rings is 1. The summed E-state index contributed by atoms with van der Waals surface area (Å²) < 4.78 is 16.1. The van der Waals surface area contributed by atoms with Crippen LogP contribution < -0.4 is 5.32 Å². The summed E-state index contributed by atoms with van der Waals surface area (Å²) in [7, 11) is 0. The molecule has 21 heavy (non-hydrogen) atoms. The maximum atomic E-state index is 14.2. The van der Waals surface area contributed by atoms with E-state index in [9.17, 15) is 4.39 Å². The van der Waals surface area contributed by atoms with Crippen molar-refractivity contribution in [3.63, 3.8) is 0 Å². The van der Waals surface area contributed by atoms with Gasteiger partial charge in [0.2, 0.25) is 0 Å². The summed E-state index contributed by atoms with van der Waals surface area (Å²) in [5.41, 5.74) is 2.81. The number of nitrogens with zero attached hydrogens (tertiary/aromatic N) is 2. The zero-order valence-electron chi connectivity index (χ0n) is 13.1. The third-order valence-electron chi connectivity index (χ3n) is 3.62. The van der Waals surface area contributed by atoms with E-state index in [0.717, 1.165) is 42.6 Å². The topological polar surface area (TPSA) is 29.9 Å². The average molecular weight is 289 g/mol. The molecule has 0 fully saturated rings. The lowest BCUT2D eigenvalue weighted by atomic mass is 9.99. The maximum absolute atomic E-state index is 14.2. The predicted octanol–water partition coefficient (Wildman–Crippen LogP) is 3.63. The molecule has 4 heteroatoms. The molecule has 0 radical (unpaired) electrons. The highest BCUT2D eigenvalue weighted by Gasteiger charge is 2.16. The molecule has 0 bridgehead atoms. The third-order valence-corrected chi connectivity index (χ3v) is 3.62. The summed E-state index contributed by atoms with van der Waals surface area (Å²) in [4.78, 5) is 0. The van der Waals surface area contributed by atoms with Crippen LogP contribution in [0, 0.1) is 12.7 Å². The van der Waals surface area contributed by atoms with E-state index in [1.54, 1.807) is 6.07 Å². The van der Waals surface area contributed by atoms with Crippen LogP contribution in [0.25, 0.3) is 0 Å². The Hall–Kier alpha value is -1.68. The van der Waals surface area contributed by atoms with Crippen molar-refractivity contribution in [2.24, 2.45) is 0 Å². The minimum atomic E-state index is -0.133. The SMILES string of the molecule is CCCNC(Cc1cnn(CC)c1)c1ccc(C)cc1F. The quantitative estimate of drug-likeness (QED) is 0.843. The largest absolute Gasteiger partial charge is 0.310 e. The summed E-state index contributed by atoms with van der Waals surface area (Å²) >= 11 is 0. The first-order chi connectivity index (χ1) is 10.1. The molecule has 3 nitrogen and oxygen atoms in total. The van der Waals surface area contributed by atoms with Crippen LogP contribution in [0.15, 0.2) is 30.6 Å². The van der Waals surface area contributed by atoms with Gasteiger partial charge in [-0.3, -0.25) is 4.68 Å². The molecule has 1 aromatic heterocycles. The minimum Gasteiger partial charge on any atom is -0.310 e. The van der Waals surface area contributed by atoms with Gasteiger partial charge in [0, 0.05) is 24.3 Å². The number of aromatic nitrogens is 2. The van der Waals surface area contributed by atoms with Crippen LogP contribution in [0.5, 0.6) is 0 Å². The van der Waals surface area contributed by atoms with Gasteiger partial charge in [-0.15, -0.1) is 0 Å². The van der Waals surface area contributed by atoms with Crippen LogP contribution in [-0.2, 0) is 13.0 Å². The van der Waals surface area contributed by atoms with Gasteiger partial charge in [0.1, 0.15) is 5.82 Å². The highest BCUT2D eigenvalue weighted by molar-refractivity contribution is 5.27. The fourth-order valence-corrected chi connectivity index (χ4v) is 2.45. The monoisotopic (exact) mass is 289 g/mol. The van der Waals surface area contributed by atoms with E-state index in [4.69, 9.17) is 0 Å². The van der Waals surface area contributed by atoms with Gasteiger partial charge in [-0.05, 0) is 50.4 Å². The maximum Gasteiger partial charge on any atom is 0.128 e. The Morgan fingerprint density at radius 1 is 1.33 bits per heavy atom. The van der Waals surface area contributed by atoms with E-state index in [0.29, 0.717) is 0 Å². The molecular weight excluding hydrogens is 265 g/mol. The third kappa shape index (κ3) is 4.14. The number of hydrogen-bond donors (Lipinski definition) is 1. The Kier molecular flexibility index (Phi) is 5.51. The van der Waals surface area contributed by atoms with Gasteiger partial charge in [-0.1, -0.05) is 19.1 Å². The number of aryl methyl sites for hydroxylation is 2. The molecular formula is C17H24FN3. The number of hydrogen-bond acceptors (Lipinski definition) is 2. The first-order valence-electron chi connectivity index (χ1n) is 7.64. The average Bonchev–Trinajstić information content (AvgIpc) is 2.91. The molecule has 0 amide bonds. The number of rotatable bonds is 7. The predicted molar refractivity (Wildman–Crippen MR) is 83.8 cm³/mol. The van der Waals surface area contributed by atoms with Crippen molar-refractivity contribution in [1.29, 1.82) is 0 Å². The molecule has 0 aliphatic rings. The molecule has 1 unspecified atom stereocenters. The van der Waals surface area contributed by atoms with Crippen LogP contribution in [0.1, 0.15) is 43.0 Å². The zero-order valence-corrected chi connectivity index (χ0v) is 13.1. The van der Waals surface area contributed by atoms with Gasteiger partial charge in [0.25, 0.3) is 0 Å². The lowest BCUT2D eigenvalue weighted by Gasteiger charge is -2.19. The van der Waals surface area contributed by atoms with Crippen molar-refractivity contribution >= 4 is 0 Å². The van der Waals surface area contributed by atoms with Crippen molar-refractivity contribution in [1.82, 2.24) is 15.1 Å². The Morgan fingerprint density at radius 3 is 2.76 bits per heavy atom. The lowest BCUT2D eigenvalue weighted by Crippen LogP contribution is -2.25. The Morgan fingerprint density at radius 2 is 2.14 bits per heavy atom. The van der Waals surface area contributed by atoms with Gasteiger partial charge < -0.3 is 5.32 Å². The van der Waals surface area contributed by atoms with E-state index in [1.165, 1.54) is 0 Å². The summed E-state index contributed by atoms with van der Waals surface area (Å²) in [6.07, 6.45) is 5.68. The Bertz CT molecular complexity index is 577. The molecule has 2 aromatic rings. The van der Waals surface area contributed by atoms with Crippen LogP contribution in [0.4, 0.5) is 4.39 Å². The fourth-order valence-electron chi connectivity index (χ4n) is 2.45. The highest BCUT2D eigenvalue weighted by atomic mass is 19.1. The molecule has 1 aromatic carbocycles. The molecule has 0 aliphatic carbocycles. The summed E-state index contributed by atoms with van der Waals surface area (Å²) in [6, 6.07) is 5.45. The van der Waals surface area contributed by atoms with E-state index in [-0.39, 0.29) is 11.9 Å². The summed E-state index contributed by atoms with van der Waals surface area (Å²) in [6.45, 7) is 7.81. The molecule has 0 aliphatic heterocycles. The van der Waals surface area contributed by atoms with Gasteiger partial charge in [-0.2, -0.15) is 5.10 Å². The van der Waals surface area contributed by atoms with E-state index in [1.807, 2.05) is 36.1 Å². The van der Waals surface area contributed by atoms with Crippen LogP contribution in [-0.4, -0.2) is 16.3 Å². The fraction of sp³-hybridized carbons (Fsp3) is 0.471. The van der Waals surface area contributed by atoms with Crippen molar-refractivity contribution in [3.05, 3.63) is 53.1 Å². The lowest BCUT2D eigenvalue weighted by molar-refractivity contribution is 0.496. The zero-order chi connectivity index (χ0) is 15.2. The second kappa shape index (κ2) is 7.36. The first kappa shape index (κ1) is 15.7. The first-order valence-corrected chi connectivity index (χ1v) is 7.64. The summed E-state index contributed by atoms with van der Waals surface area (Å²) in [5.74, 6) is -0.133. The number of halogens is 1. The molecule has 2 rings (SSSR count). The molecule has 0 saturated heterocycles. The number of nitrogens with one attached hydrogen (secondary N) is 1. The molecule has 114 valence electrons. The van der Waals surface area contributed by atoms with E-state index in [2.05, 4.69) is 24.3 Å². The smallest absolute Gasteiger partial charge is 0.128 e. The standard InChI is InChI=1S/C17H24FN3/c1-4-8-19-17(10-14-11-20-21(5-2)12-14)15-7-6-13(3)9-16(15)18/h6-7,9,11-12,17,19H,4-5,8,10H2,1-3H3. The minimum absolute atomic E-state index is 0.0138. The molecule has 0 saturated carbocycles. The van der Waals surface area contributed by atoms with Crippen molar-refractivity contribution in [3.8, 4) is 0 Å². The van der Waals surface area contributed by atoms with Crippen LogP contribution in [0.3, 0.4) is 0 Å². The van der Waals surface area contributed by atoms with Gasteiger partial charge in [0.15, 0.2) is 0 Å². The molecule has 1 N–H and O–H groups in total. The van der Waals surface area contributed by atoms with Gasteiger partial charge in [0.05, 0.1) is 6.20 Å². The highest BCUT2D eigenvalue weighted by Crippen LogP contribution is 2.22. The van der Waals surface area contributed by atoms with Gasteiger partial charge >= 0.3 is 0 Å². The molecule has 0 spiro atoms. The van der Waals surface area contributed by atoms with Crippen LogP contribution in [0.2, 0.25) is 0 Å². The van der Waals surface area contributed by atoms with E-state index >= 15 is 0 Å². The van der Waals surface area contributed by atoms with Crippen molar-refractivity contribution < 1.29 is 4.39 Å². The Balaban J connectivity index is 2.20. The molecule has 1 atom stereocenters. The van der Waals surface area contributed by atoms with E-state index < -0.39 is 0 Å². The molecule has 1 heterocycles. The summed E-state index contributed by atoms with van der Waals surface area (Å²) in [5, 5.41) is 7.74.